The molecule has 0 amide bonds. The van der Waals surface area contributed by atoms with Crippen LogP contribution < -0.4 is 4.74 Å². The number of rotatable bonds is 4. The fourth-order valence-corrected chi connectivity index (χ4v) is 1.58. The Morgan fingerprint density at radius 1 is 0.947 bits per heavy atom. The van der Waals surface area contributed by atoms with Gasteiger partial charge in [0, 0.05) is 5.56 Å². The SMILES string of the molecule is C=C(OC(=O)c1ccc(OC)cc1)c1ccccc1. The quantitative estimate of drug-likeness (QED) is 0.618. The first-order valence-corrected chi connectivity index (χ1v) is 5.81. The zero-order chi connectivity index (χ0) is 13.7. The number of hydrogen-bond acceptors (Lipinski definition) is 3. The van der Waals surface area contributed by atoms with Gasteiger partial charge >= 0.3 is 5.97 Å². The van der Waals surface area contributed by atoms with Crippen molar-refractivity contribution >= 4 is 11.7 Å². The van der Waals surface area contributed by atoms with Gasteiger partial charge in [-0.15, -0.1) is 0 Å². The van der Waals surface area contributed by atoms with Crippen LogP contribution in [-0.4, -0.2) is 13.1 Å². The lowest BCUT2D eigenvalue weighted by Crippen LogP contribution is -2.04. The van der Waals surface area contributed by atoms with Crippen LogP contribution in [0.2, 0.25) is 0 Å². The van der Waals surface area contributed by atoms with Gasteiger partial charge < -0.3 is 9.47 Å². The van der Waals surface area contributed by atoms with Crippen LogP contribution >= 0.6 is 0 Å². The average Bonchev–Trinajstić information content (AvgIpc) is 2.48. The number of ether oxygens (including phenoxy) is 2. The highest BCUT2D eigenvalue weighted by atomic mass is 16.5. The Hall–Kier alpha value is -2.55. The van der Waals surface area contributed by atoms with Crippen molar-refractivity contribution in [2.75, 3.05) is 7.11 Å². The van der Waals surface area contributed by atoms with E-state index in [1.54, 1.807) is 31.4 Å². The summed E-state index contributed by atoms with van der Waals surface area (Å²) in [6.07, 6.45) is 0. The summed E-state index contributed by atoms with van der Waals surface area (Å²) < 4.78 is 10.3. The third-order valence-corrected chi connectivity index (χ3v) is 2.64. The summed E-state index contributed by atoms with van der Waals surface area (Å²) >= 11 is 0. The molecule has 3 heteroatoms. The number of methoxy groups -OCH3 is 1. The number of carbonyl (C=O) groups is 1. The van der Waals surface area contributed by atoms with Crippen molar-refractivity contribution in [1.82, 2.24) is 0 Å². The molecule has 0 aliphatic rings. The fraction of sp³-hybridized carbons (Fsp3) is 0.0625. The van der Waals surface area contributed by atoms with Crippen LogP contribution in [0.15, 0.2) is 61.2 Å². The highest BCUT2D eigenvalue weighted by Crippen LogP contribution is 2.17. The van der Waals surface area contributed by atoms with Gasteiger partial charge in [-0.3, -0.25) is 0 Å². The van der Waals surface area contributed by atoms with Crippen molar-refractivity contribution in [3.63, 3.8) is 0 Å². The second-order valence-corrected chi connectivity index (χ2v) is 3.91. The first-order valence-electron chi connectivity index (χ1n) is 5.81. The van der Waals surface area contributed by atoms with E-state index in [-0.39, 0.29) is 0 Å². The van der Waals surface area contributed by atoms with Gasteiger partial charge in [-0.1, -0.05) is 36.9 Å². The van der Waals surface area contributed by atoms with Gasteiger partial charge in [0.25, 0.3) is 0 Å². The van der Waals surface area contributed by atoms with Crippen LogP contribution in [0.5, 0.6) is 5.75 Å². The van der Waals surface area contributed by atoms with Gasteiger partial charge in [-0.05, 0) is 24.3 Å². The molecule has 0 radical (unpaired) electrons. The van der Waals surface area contributed by atoms with Crippen molar-refractivity contribution in [1.29, 1.82) is 0 Å². The minimum atomic E-state index is -0.434. The molecule has 0 heterocycles. The van der Waals surface area contributed by atoms with Gasteiger partial charge in [0.05, 0.1) is 12.7 Å². The Balaban J connectivity index is 2.06. The average molecular weight is 254 g/mol. The highest BCUT2D eigenvalue weighted by molar-refractivity contribution is 5.92. The zero-order valence-corrected chi connectivity index (χ0v) is 10.6. The van der Waals surface area contributed by atoms with Crippen LogP contribution in [0.3, 0.4) is 0 Å². The molecule has 2 rings (SSSR count). The van der Waals surface area contributed by atoms with E-state index < -0.39 is 5.97 Å². The maximum atomic E-state index is 11.9. The molecule has 0 saturated carbocycles. The molecule has 0 aliphatic carbocycles. The Morgan fingerprint density at radius 2 is 1.58 bits per heavy atom. The van der Waals surface area contributed by atoms with Crippen molar-refractivity contribution in [3.8, 4) is 5.75 Å². The van der Waals surface area contributed by atoms with Gasteiger partial charge in [0.2, 0.25) is 0 Å². The smallest absolute Gasteiger partial charge is 0.343 e. The highest BCUT2D eigenvalue weighted by Gasteiger charge is 2.10. The lowest BCUT2D eigenvalue weighted by molar-refractivity contribution is 0.0693. The van der Waals surface area contributed by atoms with Crippen LogP contribution in [0.4, 0.5) is 0 Å². The monoisotopic (exact) mass is 254 g/mol. The Morgan fingerprint density at radius 3 is 2.16 bits per heavy atom. The first kappa shape index (κ1) is 12.9. The van der Waals surface area contributed by atoms with Gasteiger partial charge in [0.15, 0.2) is 0 Å². The summed E-state index contributed by atoms with van der Waals surface area (Å²) in [4.78, 5) is 11.9. The molecule has 2 aromatic carbocycles. The maximum absolute atomic E-state index is 11.9. The van der Waals surface area contributed by atoms with E-state index in [1.165, 1.54) is 0 Å². The third-order valence-electron chi connectivity index (χ3n) is 2.64. The molecule has 0 saturated heterocycles. The molecule has 19 heavy (non-hydrogen) atoms. The van der Waals surface area contributed by atoms with E-state index in [1.807, 2.05) is 30.3 Å². The number of esters is 1. The van der Waals surface area contributed by atoms with E-state index in [9.17, 15) is 4.79 Å². The summed E-state index contributed by atoms with van der Waals surface area (Å²) in [5.74, 6) is 0.594. The summed E-state index contributed by atoms with van der Waals surface area (Å²) in [7, 11) is 1.57. The normalized spacial score (nSPS) is 9.74. The third kappa shape index (κ3) is 3.22. The van der Waals surface area contributed by atoms with Gasteiger partial charge in [0.1, 0.15) is 11.5 Å². The first-order chi connectivity index (χ1) is 9.20. The van der Waals surface area contributed by atoms with Crippen LogP contribution in [0.1, 0.15) is 15.9 Å². The van der Waals surface area contributed by atoms with Crippen molar-refractivity contribution in [2.45, 2.75) is 0 Å². The molecule has 0 fully saturated rings. The number of hydrogen-bond donors (Lipinski definition) is 0. The molecule has 0 atom stereocenters. The molecular weight excluding hydrogens is 240 g/mol. The predicted octanol–water partition coefficient (Wildman–Crippen LogP) is 3.52. The molecule has 0 bridgehead atoms. The maximum Gasteiger partial charge on any atom is 0.343 e. The molecule has 2 aromatic rings. The molecule has 0 N–H and O–H groups in total. The van der Waals surface area contributed by atoms with E-state index >= 15 is 0 Å². The Kier molecular flexibility index (Phi) is 3.98. The zero-order valence-electron chi connectivity index (χ0n) is 10.6. The summed E-state index contributed by atoms with van der Waals surface area (Å²) in [5, 5.41) is 0. The number of benzene rings is 2. The van der Waals surface area contributed by atoms with Crippen LogP contribution in [-0.2, 0) is 4.74 Å². The van der Waals surface area contributed by atoms with Gasteiger partial charge in [-0.25, -0.2) is 4.79 Å². The minimum absolute atomic E-state index is 0.335. The summed E-state index contributed by atoms with van der Waals surface area (Å²) in [5.41, 5.74) is 1.24. The van der Waals surface area contributed by atoms with Crippen molar-refractivity contribution in [2.24, 2.45) is 0 Å². The lowest BCUT2D eigenvalue weighted by atomic mass is 10.2. The summed E-state index contributed by atoms with van der Waals surface area (Å²) in [6.45, 7) is 3.76. The van der Waals surface area contributed by atoms with E-state index in [4.69, 9.17) is 9.47 Å². The Bertz CT molecular complexity index is 571. The predicted molar refractivity (Wildman–Crippen MR) is 73.9 cm³/mol. The summed E-state index contributed by atoms with van der Waals surface area (Å²) in [6, 6.07) is 16.0. The molecular formula is C16H14O3. The topological polar surface area (TPSA) is 35.5 Å². The van der Waals surface area contributed by atoms with Crippen molar-refractivity contribution < 1.29 is 14.3 Å². The fourth-order valence-electron chi connectivity index (χ4n) is 1.58. The Labute approximate surface area is 112 Å². The van der Waals surface area contributed by atoms with Crippen LogP contribution in [0.25, 0.3) is 5.76 Å². The van der Waals surface area contributed by atoms with Crippen molar-refractivity contribution in [3.05, 3.63) is 72.3 Å². The molecule has 0 aromatic heterocycles. The lowest BCUT2D eigenvalue weighted by Gasteiger charge is -2.07. The molecule has 0 unspecified atom stereocenters. The second kappa shape index (κ2) is 5.87. The van der Waals surface area contributed by atoms with E-state index in [2.05, 4.69) is 6.58 Å². The van der Waals surface area contributed by atoms with E-state index in [0.29, 0.717) is 17.1 Å². The largest absolute Gasteiger partial charge is 0.497 e. The second-order valence-electron chi connectivity index (χ2n) is 3.91. The minimum Gasteiger partial charge on any atom is -0.497 e. The van der Waals surface area contributed by atoms with Gasteiger partial charge in [-0.2, -0.15) is 0 Å². The molecule has 96 valence electrons. The van der Waals surface area contributed by atoms with Crippen LogP contribution in [0, 0.1) is 0 Å². The number of carbonyl (C=O) groups excluding carboxylic acids is 1. The molecule has 0 spiro atoms. The van der Waals surface area contributed by atoms with E-state index in [0.717, 1.165) is 5.56 Å². The molecule has 0 aliphatic heterocycles. The standard InChI is InChI=1S/C16H14O3/c1-12(13-6-4-3-5-7-13)19-16(17)14-8-10-15(18-2)11-9-14/h3-11H,1H2,2H3. The molecule has 3 nitrogen and oxygen atoms in total.